The molecule has 1 saturated carbocycles. The van der Waals surface area contributed by atoms with Crippen molar-refractivity contribution in [3.05, 3.63) is 12.4 Å². The van der Waals surface area contributed by atoms with Crippen LogP contribution in [-0.4, -0.2) is 23.1 Å². The van der Waals surface area contributed by atoms with Crippen LogP contribution in [-0.2, 0) is 0 Å². The Morgan fingerprint density at radius 1 is 1.47 bits per heavy atom. The fourth-order valence-electron chi connectivity index (χ4n) is 1.42. The normalized spacial score (nSPS) is 15.0. The van der Waals surface area contributed by atoms with Crippen molar-refractivity contribution in [1.29, 1.82) is 0 Å². The third-order valence-corrected chi connectivity index (χ3v) is 2.44. The van der Waals surface area contributed by atoms with Gasteiger partial charge in [-0.3, -0.25) is 4.98 Å². The Morgan fingerprint density at radius 3 is 3.07 bits per heavy atom. The summed E-state index contributed by atoms with van der Waals surface area (Å²) >= 11 is 0. The van der Waals surface area contributed by atoms with Crippen molar-refractivity contribution < 1.29 is 4.74 Å². The second-order valence-electron chi connectivity index (χ2n) is 3.85. The number of hydrogen-bond acceptors (Lipinski definition) is 4. The topological polar surface area (TPSA) is 47.0 Å². The number of nitrogens with zero attached hydrogens (tertiary/aromatic N) is 2. The Bertz CT molecular complexity index is 312. The molecule has 1 aromatic heterocycles. The molecule has 0 spiro atoms. The minimum absolute atomic E-state index is 0.620. The molecule has 1 aromatic rings. The third-order valence-electron chi connectivity index (χ3n) is 2.44. The molecule has 2 rings (SSSR count). The molecule has 0 atom stereocenters. The first kappa shape index (κ1) is 10.2. The van der Waals surface area contributed by atoms with Gasteiger partial charge in [0.25, 0.3) is 0 Å². The van der Waals surface area contributed by atoms with Crippen molar-refractivity contribution in [1.82, 2.24) is 9.97 Å². The van der Waals surface area contributed by atoms with Crippen LogP contribution >= 0.6 is 0 Å². The zero-order valence-corrected chi connectivity index (χ0v) is 9.07. The quantitative estimate of drug-likeness (QED) is 0.776. The van der Waals surface area contributed by atoms with Crippen LogP contribution in [0.3, 0.4) is 0 Å². The van der Waals surface area contributed by atoms with E-state index in [-0.39, 0.29) is 0 Å². The zero-order chi connectivity index (χ0) is 10.5. The fourth-order valence-corrected chi connectivity index (χ4v) is 1.42. The van der Waals surface area contributed by atoms with E-state index in [4.69, 9.17) is 4.74 Å². The van der Waals surface area contributed by atoms with E-state index < -0.39 is 0 Å². The summed E-state index contributed by atoms with van der Waals surface area (Å²) in [7, 11) is 0. The number of anilines is 1. The van der Waals surface area contributed by atoms with Crippen LogP contribution in [0.15, 0.2) is 12.4 Å². The van der Waals surface area contributed by atoms with E-state index in [2.05, 4.69) is 15.3 Å². The van der Waals surface area contributed by atoms with Crippen LogP contribution in [0.25, 0.3) is 0 Å². The van der Waals surface area contributed by atoms with Gasteiger partial charge in [0, 0.05) is 6.54 Å². The molecule has 1 N–H and O–H groups in total. The molecule has 4 nitrogen and oxygen atoms in total. The summed E-state index contributed by atoms with van der Waals surface area (Å²) in [6.07, 6.45) is 7.25. The monoisotopic (exact) mass is 207 g/mol. The van der Waals surface area contributed by atoms with Crippen molar-refractivity contribution >= 4 is 5.82 Å². The van der Waals surface area contributed by atoms with Gasteiger partial charge in [-0.05, 0) is 19.3 Å². The summed E-state index contributed by atoms with van der Waals surface area (Å²) < 4.78 is 5.53. The Morgan fingerprint density at radius 2 is 2.33 bits per heavy atom. The summed E-state index contributed by atoms with van der Waals surface area (Å²) in [5, 5.41) is 3.11. The molecule has 15 heavy (non-hydrogen) atoms. The molecule has 1 heterocycles. The SMILES string of the molecule is CCNc1cncc(OCCC2CC2)n1. The molecule has 0 aliphatic heterocycles. The van der Waals surface area contributed by atoms with Crippen LogP contribution in [0, 0.1) is 5.92 Å². The van der Waals surface area contributed by atoms with Gasteiger partial charge < -0.3 is 10.1 Å². The van der Waals surface area contributed by atoms with Crippen molar-refractivity contribution in [2.24, 2.45) is 5.92 Å². The maximum Gasteiger partial charge on any atom is 0.234 e. The molecule has 1 aliphatic carbocycles. The average molecular weight is 207 g/mol. The van der Waals surface area contributed by atoms with Gasteiger partial charge >= 0.3 is 0 Å². The largest absolute Gasteiger partial charge is 0.477 e. The van der Waals surface area contributed by atoms with Crippen molar-refractivity contribution in [2.75, 3.05) is 18.5 Å². The van der Waals surface area contributed by atoms with Gasteiger partial charge in [0.05, 0.1) is 19.0 Å². The molecule has 82 valence electrons. The Kier molecular flexibility index (Phi) is 3.37. The van der Waals surface area contributed by atoms with Gasteiger partial charge in [-0.15, -0.1) is 0 Å². The number of rotatable bonds is 6. The van der Waals surface area contributed by atoms with E-state index in [1.807, 2.05) is 6.92 Å². The van der Waals surface area contributed by atoms with Crippen LogP contribution in [0.5, 0.6) is 5.88 Å². The standard InChI is InChI=1S/C11H17N3O/c1-2-13-10-7-12-8-11(14-10)15-6-5-9-3-4-9/h7-9H,2-6H2,1H3,(H,13,14). The Hall–Kier alpha value is -1.32. The van der Waals surface area contributed by atoms with Gasteiger partial charge in [-0.2, -0.15) is 4.98 Å². The number of aromatic nitrogens is 2. The molecule has 0 amide bonds. The van der Waals surface area contributed by atoms with Crippen molar-refractivity contribution in [2.45, 2.75) is 26.2 Å². The summed E-state index contributed by atoms with van der Waals surface area (Å²) in [5.41, 5.74) is 0. The van der Waals surface area contributed by atoms with Gasteiger partial charge in [0.1, 0.15) is 5.82 Å². The first-order valence-electron chi connectivity index (χ1n) is 5.57. The fraction of sp³-hybridized carbons (Fsp3) is 0.636. The number of nitrogens with one attached hydrogen (secondary N) is 1. The summed E-state index contributed by atoms with van der Waals surface area (Å²) in [6.45, 7) is 3.64. The molecule has 0 aromatic carbocycles. The van der Waals surface area contributed by atoms with Crippen molar-refractivity contribution in [3.8, 4) is 5.88 Å². The number of hydrogen-bond donors (Lipinski definition) is 1. The van der Waals surface area contributed by atoms with E-state index in [0.717, 1.165) is 31.3 Å². The molecule has 1 fully saturated rings. The van der Waals surface area contributed by atoms with Crippen LogP contribution in [0.2, 0.25) is 0 Å². The maximum atomic E-state index is 5.53. The van der Waals surface area contributed by atoms with Crippen LogP contribution in [0.4, 0.5) is 5.82 Å². The smallest absolute Gasteiger partial charge is 0.234 e. The predicted molar refractivity (Wildman–Crippen MR) is 59.0 cm³/mol. The van der Waals surface area contributed by atoms with Crippen molar-refractivity contribution in [3.63, 3.8) is 0 Å². The lowest BCUT2D eigenvalue weighted by Crippen LogP contribution is -2.04. The van der Waals surface area contributed by atoms with E-state index >= 15 is 0 Å². The van der Waals surface area contributed by atoms with Crippen LogP contribution < -0.4 is 10.1 Å². The lowest BCUT2D eigenvalue weighted by Gasteiger charge is -2.06. The summed E-state index contributed by atoms with van der Waals surface area (Å²) in [4.78, 5) is 8.35. The Balaban J connectivity index is 1.80. The third kappa shape index (κ3) is 3.38. The van der Waals surface area contributed by atoms with Gasteiger partial charge in [-0.1, -0.05) is 12.8 Å². The zero-order valence-electron chi connectivity index (χ0n) is 9.07. The molecular weight excluding hydrogens is 190 g/mol. The van der Waals surface area contributed by atoms with Gasteiger partial charge in [0.2, 0.25) is 5.88 Å². The predicted octanol–water partition coefficient (Wildman–Crippen LogP) is 2.09. The van der Waals surface area contributed by atoms with E-state index in [1.54, 1.807) is 12.4 Å². The lowest BCUT2D eigenvalue weighted by molar-refractivity contribution is 0.290. The Labute approximate surface area is 90.1 Å². The van der Waals surface area contributed by atoms with E-state index in [9.17, 15) is 0 Å². The first-order chi connectivity index (χ1) is 7.38. The minimum Gasteiger partial charge on any atom is -0.477 e. The van der Waals surface area contributed by atoms with E-state index in [1.165, 1.54) is 12.8 Å². The number of ether oxygens (including phenoxy) is 1. The molecule has 0 saturated heterocycles. The lowest BCUT2D eigenvalue weighted by atomic mass is 10.3. The van der Waals surface area contributed by atoms with E-state index in [0.29, 0.717) is 5.88 Å². The highest BCUT2D eigenvalue weighted by Gasteiger charge is 2.20. The highest BCUT2D eigenvalue weighted by Crippen LogP contribution is 2.32. The molecule has 0 unspecified atom stereocenters. The summed E-state index contributed by atoms with van der Waals surface area (Å²) in [5.74, 6) is 2.30. The molecular formula is C11H17N3O. The average Bonchev–Trinajstić information content (AvgIpc) is 3.03. The first-order valence-corrected chi connectivity index (χ1v) is 5.57. The minimum atomic E-state index is 0.620. The maximum absolute atomic E-state index is 5.53. The second kappa shape index (κ2) is 4.96. The van der Waals surface area contributed by atoms with Gasteiger partial charge in [-0.25, -0.2) is 0 Å². The molecule has 0 bridgehead atoms. The molecule has 4 heteroatoms. The molecule has 0 radical (unpaired) electrons. The second-order valence-corrected chi connectivity index (χ2v) is 3.85. The molecule has 1 aliphatic rings. The highest BCUT2D eigenvalue weighted by molar-refractivity contribution is 5.32. The summed E-state index contributed by atoms with van der Waals surface area (Å²) in [6, 6.07) is 0. The highest BCUT2D eigenvalue weighted by atomic mass is 16.5. The van der Waals surface area contributed by atoms with Crippen LogP contribution in [0.1, 0.15) is 26.2 Å². The van der Waals surface area contributed by atoms with Gasteiger partial charge in [0.15, 0.2) is 0 Å².